The van der Waals surface area contributed by atoms with Crippen molar-refractivity contribution in [2.75, 3.05) is 11.0 Å². The average molecular weight is 589 g/mol. The highest BCUT2D eigenvalue weighted by atomic mass is 35.5. The van der Waals surface area contributed by atoms with Crippen LogP contribution in [0.15, 0.2) is 97.2 Å². The van der Waals surface area contributed by atoms with Gasteiger partial charge < -0.3 is 9.83 Å². The molecule has 40 heavy (non-hydrogen) atoms. The van der Waals surface area contributed by atoms with Gasteiger partial charge in [0.25, 0.3) is 0 Å². The van der Waals surface area contributed by atoms with Gasteiger partial charge in [-0.05, 0) is 77.4 Å². The fourth-order valence-electron chi connectivity index (χ4n) is 4.20. The molecule has 0 radical (unpaired) electrons. The van der Waals surface area contributed by atoms with Crippen LogP contribution in [0.2, 0.25) is 10.0 Å². The van der Waals surface area contributed by atoms with Crippen molar-refractivity contribution in [3.05, 3.63) is 124 Å². The van der Waals surface area contributed by atoms with Gasteiger partial charge in [0.2, 0.25) is 0 Å². The molecule has 0 saturated carbocycles. The fourth-order valence-corrected chi connectivity index (χ4v) is 5.16. The zero-order chi connectivity index (χ0) is 28.2. The minimum Gasteiger partial charge on any atom is -0.478 e. The van der Waals surface area contributed by atoms with Crippen molar-refractivity contribution in [2.45, 2.75) is 0 Å². The number of benzene rings is 4. The molecule has 0 fully saturated rings. The third kappa shape index (κ3) is 6.34. The SMILES string of the molecule is CS(=O)Nc1cccc(-c2ccc(/C=C/c3nc(-c4ccc(Cl)cc4Cl)cn3-c3ccc(C(=O)O)cc3)cc2)c1. The quantitative estimate of drug-likeness (QED) is 0.192. The molecule has 0 aliphatic carbocycles. The molecule has 0 aliphatic rings. The smallest absolute Gasteiger partial charge is 0.335 e. The van der Waals surface area contributed by atoms with Gasteiger partial charge in [-0.2, -0.15) is 0 Å². The number of aromatic carboxylic acids is 1. The van der Waals surface area contributed by atoms with Crippen molar-refractivity contribution in [3.8, 4) is 28.1 Å². The van der Waals surface area contributed by atoms with E-state index < -0.39 is 17.0 Å². The number of aromatic nitrogens is 2. The number of halogens is 2. The highest BCUT2D eigenvalue weighted by molar-refractivity contribution is 7.85. The third-order valence-electron chi connectivity index (χ3n) is 6.13. The molecule has 4 aromatic carbocycles. The summed E-state index contributed by atoms with van der Waals surface area (Å²) in [6.45, 7) is 0. The summed E-state index contributed by atoms with van der Waals surface area (Å²) in [5, 5.41) is 10.3. The third-order valence-corrected chi connectivity index (χ3v) is 7.20. The topological polar surface area (TPSA) is 84.2 Å². The minimum atomic E-state index is -1.14. The Morgan fingerprint density at radius 3 is 2.35 bits per heavy atom. The maximum atomic E-state index is 11.5. The zero-order valence-electron chi connectivity index (χ0n) is 21.2. The Kier molecular flexibility index (Phi) is 8.16. The second-order valence-electron chi connectivity index (χ2n) is 8.92. The van der Waals surface area contributed by atoms with Crippen LogP contribution >= 0.6 is 23.2 Å². The van der Waals surface area contributed by atoms with Crippen LogP contribution < -0.4 is 4.72 Å². The summed E-state index contributed by atoms with van der Waals surface area (Å²) in [7, 11) is -1.14. The van der Waals surface area contributed by atoms with Crippen LogP contribution in [0.25, 0.3) is 40.2 Å². The van der Waals surface area contributed by atoms with Crippen LogP contribution in [0.3, 0.4) is 0 Å². The molecule has 200 valence electrons. The molecule has 2 N–H and O–H groups in total. The summed E-state index contributed by atoms with van der Waals surface area (Å²) >= 11 is 12.6. The van der Waals surface area contributed by atoms with Gasteiger partial charge in [0.05, 0.1) is 16.3 Å². The summed E-state index contributed by atoms with van der Waals surface area (Å²) in [6, 6.07) is 27.7. The molecule has 6 nitrogen and oxygen atoms in total. The second-order valence-corrected chi connectivity index (χ2v) is 10.9. The van der Waals surface area contributed by atoms with Gasteiger partial charge in [-0.1, -0.05) is 65.7 Å². The van der Waals surface area contributed by atoms with Crippen LogP contribution in [0.1, 0.15) is 21.7 Å². The standard InChI is InChI=1S/C31H23Cl2N3O3S/c1-40(39)35-25-4-2-3-23(17-25)21-8-5-20(6-9-21)7-16-30-34-29(27-15-12-24(32)18-28(27)33)19-36(30)26-13-10-22(11-14-26)31(37)38/h2-19,35H,1H3,(H,37,38)/b16-7+. The zero-order valence-corrected chi connectivity index (χ0v) is 23.5. The lowest BCUT2D eigenvalue weighted by atomic mass is 10.0. The number of nitrogens with one attached hydrogen (secondary N) is 1. The van der Waals surface area contributed by atoms with Crippen LogP contribution in [0, 0.1) is 0 Å². The Morgan fingerprint density at radius 1 is 0.925 bits per heavy atom. The lowest BCUT2D eigenvalue weighted by molar-refractivity contribution is 0.0697. The molecule has 5 aromatic rings. The molecular formula is C31H23Cl2N3O3S. The van der Waals surface area contributed by atoms with E-state index in [2.05, 4.69) is 4.72 Å². The van der Waals surface area contributed by atoms with E-state index in [1.807, 2.05) is 77.5 Å². The monoisotopic (exact) mass is 587 g/mol. The van der Waals surface area contributed by atoms with Gasteiger partial charge in [-0.3, -0.25) is 4.57 Å². The first-order valence-corrected chi connectivity index (χ1v) is 14.5. The van der Waals surface area contributed by atoms with Crippen molar-refractivity contribution in [1.82, 2.24) is 9.55 Å². The van der Waals surface area contributed by atoms with Gasteiger partial charge >= 0.3 is 5.97 Å². The van der Waals surface area contributed by atoms with E-state index in [1.54, 1.807) is 42.7 Å². The number of carboxylic acids is 1. The summed E-state index contributed by atoms with van der Waals surface area (Å²) in [5.41, 5.74) is 6.14. The van der Waals surface area contributed by atoms with Crippen molar-refractivity contribution in [3.63, 3.8) is 0 Å². The molecular weight excluding hydrogens is 565 g/mol. The van der Waals surface area contributed by atoms with Gasteiger partial charge in [-0.15, -0.1) is 0 Å². The lowest BCUT2D eigenvalue weighted by Gasteiger charge is -2.07. The molecule has 0 spiro atoms. The van der Waals surface area contributed by atoms with E-state index in [4.69, 9.17) is 28.2 Å². The molecule has 1 unspecified atom stereocenters. The molecule has 0 saturated heterocycles. The number of imidazole rings is 1. The number of anilines is 1. The Hall–Kier alpha value is -4.17. The molecule has 1 aromatic heterocycles. The van der Waals surface area contributed by atoms with Gasteiger partial charge in [0.15, 0.2) is 0 Å². The summed E-state index contributed by atoms with van der Waals surface area (Å²) < 4.78 is 16.3. The van der Waals surface area contributed by atoms with Crippen LogP contribution in [0.5, 0.6) is 0 Å². The Labute approximate surface area is 244 Å². The summed E-state index contributed by atoms with van der Waals surface area (Å²) in [5.74, 6) is -0.350. The molecule has 0 aliphatic heterocycles. The van der Waals surface area contributed by atoms with Gasteiger partial charge in [0, 0.05) is 34.4 Å². The Bertz CT molecular complexity index is 1750. The van der Waals surface area contributed by atoms with Crippen LogP contribution in [0.4, 0.5) is 5.69 Å². The van der Waals surface area contributed by atoms with Crippen LogP contribution in [-0.2, 0) is 11.0 Å². The first-order valence-electron chi connectivity index (χ1n) is 12.1. The highest BCUT2D eigenvalue weighted by Gasteiger charge is 2.13. The minimum absolute atomic E-state index is 0.200. The number of carbonyl (C=O) groups is 1. The first-order chi connectivity index (χ1) is 19.3. The van der Waals surface area contributed by atoms with E-state index in [0.717, 1.165) is 33.6 Å². The second kappa shape index (κ2) is 11.9. The van der Waals surface area contributed by atoms with E-state index in [1.165, 1.54) is 0 Å². The molecule has 1 heterocycles. The molecule has 1 atom stereocenters. The number of nitrogens with zero attached hydrogens (tertiary/aromatic N) is 2. The number of hydrogen-bond acceptors (Lipinski definition) is 3. The van der Waals surface area contributed by atoms with E-state index >= 15 is 0 Å². The van der Waals surface area contributed by atoms with Crippen molar-refractivity contribution in [1.29, 1.82) is 0 Å². The average Bonchev–Trinajstić information content (AvgIpc) is 3.36. The maximum Gasteiger partial charge on any atom is 0.335 e. The number of rotatable bonds is 8. The molecule has 9 heteroatoms. The lowest BCUT2D eigenvalue weighted by Crippen LogP contribution is -2.00. The highest BCUT2D eigenvalue weighted by Crippen LogP contribution is 2.31. The van der Waals surface area contributed by atoms with E-state index in [-0.39, 0.29) is 5.56 Å². The number of carboxylic acid groups (broad SMARTS) is 1. The van der Waals surface area contributed by atoms with Crippen molar-refractivity contribution < 1.29 is 14.1 Å². The van der Waals surface area contributed by atoms with Crippen molar-refractivity contribution in [2.24, 2.45) is 0 Å². The molecule has 0 bridgehead atoms. The largest absolute Gasteiger partial charge is 0.478 e. The van der Waals surface area contributed by atoms with Gasteiger partial charge in [0.1, 0.15) is 16.8 Å². The Balaban J connectivity index is 1.47. The Morgan fingerprint density at radius 2 is 1.68 bits per heavy atom. The maximum absolute atomic E-state index is 11.5. The summed E-state index contributed by atoms with van der Waals surface area (Å²) in [6.07, 6.45) is 7.31. The number of hydrogen-bond donors (Lipinski definition) is 2. The molecule has 0 amide bonds. The predicted molar refractivity (Wildman–Crippen MR) is 164 cm³/mol. The summed E-state index contributed by atoms with van der Waals surface area (Å²) in [4.78, 5) is 16.2. The predicted octanol–water partition coefficient (Wildman–Crippen LogP) is 8.09. The van der Waals surface area contributed by atoms with Gasteiger partial charge in [-0.25, -0.2) is 14.0 Å². The normalized spacial score (nSPS) is 12.0. The van der Waals surface area contributed by atoms with Crippen molar-refractivity contribution >= 4 is 58.0 Å². The first kappa shape index (κ1) is 27.4. The van der Waals surface area contributed by atoms with E-state index in [0.29, 0.717) is 21.6 Å². The van der Waals surface area contributed by atoms with E-state index in [9.17, 15) is 14.1 Å². The fraction of sp³-hybridized carbons (Fsp3) is 0.0323. The van der Waals surface area contributed by atoms with Crippen LogP contribution in [-0.4, -0.2) is 31.1 Å². The molecule has 5 rings (SSSR count).